The number of amides is 3. The van der Waals surface area contributed by atoms with Gasteiger partial charge in [-0.1, -0.05) is 32.4 Å². The molecular weight excluding hydrogens is 661 g/mol. The van der Waals surface area contributed by atoms with Gasteiger partial charge in [-0.15, -0.1) is 0 Å². The van der Waals surface area contributed by atoms with Crippen LogP contribution in [0.3, 0.4) is 0 Å². The lowest BCUT2D eigenvalue weighted by Crippen LogP contribution is -2.59. The number of sulfone groups is 1. The highest BCUT2D eigenvalue weighted by atomic mass is 32.2. The Morgan fingerprint density at radius 3 is 2.40 bits per heavy atom. The van der Waals surface area contributed by atoms with Gasteiger partial charge in [-0.25, -0.2) is 27.0 Å². The molecule has 0 aromatic heterocycles. The first-order valence-corrected chi connectivity index (χ1v) is 17.5. The number of aliphatic hydroxyl groups excluding tert-OH is 1. The molecule has 0 saturated heterocycles. The average Bonchev–Trinajstić information content (AvgIpc) is 3.69. The van der Waals surface area contributed by atoms with E-state index in [0.717, 1.165) is 34.2 Å². The first-order chi connectivity index (χ1) is 22.4. The van der Waals surface area contributed by atoms with E-state index in [1.54, 1.807) is 13.8 Å². The zero-order valence-corrected chi connectivity index (χ0v) is 27.4. The van der Waals surface area contributed by atoms with Crippen molar-refractivity contribution in [2.75, 3.05) is 24.6 Å². The topological polar surface area (TPSA) is 145 Å². The van der Waals surface area contributed by atoms with Crippen LogP contribution in [0.25, 0.3) is 0 Å². The summed E-state index contributed by atoms with van der Waals surface area (Å²) in [6.07, 6.45) is -3.86. The van der Waals surface area contributed by atoms with Crippen molar-refractivity contribution in [2.24, 2.45) is 16.8 Å². The van der Waals surface area contributed by atoms with Crippen LogP contribution in [0.4, 0.5) is 26.7 Å². The van der Waals surface area contributed by atoms with Gasteiger partial charge in [-0.2, -0.15) is 18.3 Å². The molecule has 1 saturated carbocycles. The molecule has 3 amide bonds. The number of hydrogen-bond acceptors (Lipinski definition) is 7. The molecule has 1 aliphatic heterocycles. The van der Waals surface area contributed by atoms with Crippen LogP contribution in [0.15, 0.2) is 47.6 Å². The van der Waals surface area contributed by atoms with Gasteiger partial charge >= 0.3 is 12.2 Å². The van der Waals surface area contributed by atoms with Crippen LogP contribution in [0.5, 0.6) is 0 Å². The number of hydrazone groups is 1. The molecule has 1 heterocycles. The molecule has 4 atom stereocenters. The number of carbonyl (C=O) groups is 2. The molecule has 2 aromatic rings. The monoisotopic (exact) mass is 701 g/mol. The zero-order valence-electron chi connectivity index (χ0n) is 26.6. The fourth-order valence-corrected chi connectivity index (χ4v) is 7.37. The van der Waals surface area contributed by atoms with E-state index in [0.29, 0.717) is 12.5 Å². The standard InChI is InChI=1S/C32H40F5N5O5S/c1-3-4-10-48(46,47)19-27(40-30(45)42-17-20(2)16-39-42)29(44)41(18-28(43)26(38)13-21-11-24(33)15-25(34)12-21)31(8-9-31)22-6-5-7-23(14-22)32(35,36)37/h5-7,11-12,14-16,20,26-28,43H,3-4,8-10,13,17-19,38H2,1-2H3,(H,40,45)/t20?,26-,27+,28+/m0/s1. The van der Waals surface area contributed by atoms with Gasteiger partial charge in [0, 0.05) is 30.8 Å². The number of rotatable bonds is 14. The molecule has 1 fully saturated rings. The molecule has 2 aromatic carbocycles. The summed E-state index contributed by atoms with van der Waals surface area (Å²) in [5.74, 6) is -3.90. The number of urea groups is 1. The van der Waals surface area contributed by atoms with E-state index in [4.69, 9.17) is 5.73 Å². The lowest BCUT2D eigenvalue weighted by molar-refractivity contribution is -0.138. The number of halogens is 5. The number of benzene rings is 2. The third kappa shape index (κ3) is 9.29. The smallest absolute Gasteiger partial charge is 0.390 e. The van der Waals surface area contributed by atoms with Crippen LogP contribution >= 0.6 is 0 Å². The van der Waals surface area contributed by atoms with E-state index in [1.807, 2.05) is 0 Å². The van der Waals surface area contributed by atoms with Gasteiger partial charge < -0.3 is 21.1 Å². The van der Waals surface area contributed by atoms with Gasteiger partial charge in [-0.05, 0) is 61.1 Å². The molecular formula is C32H40F5N5O5S. The van der Waals surface area contributed by atoms with Crippen LogP contribution < -0.4 is 11.1 Å². The number of nitrogens with one attached hydrogen (secondary N) is 1. The Morgan fingerprint density at radius 1 is 1.17 bits per heavy atom. The molecule has 0 radical (unpaired) electrons. The summed E-state index contributed by atoms with van der Waals surface area (Å²) in [5, 5.41) is 18.7. The van der Waals surface area contributed by atoms with Crippen molar-refractivity contribution < 1.29 is 45.1 Å². The minimum Gasteiger partial charge on any atom is -0.390 e. The molecule has 2 aliphatic rings. The Morgan fingerprint density at radius 2 is 1.83 bits per heavy atom. The van der Waals surface area contributed by atoms with Crippen LogP contribution in [0.2, 0.25) is 0 Å². The quantitative estimate of drug-likeness (QED) is 0.255. The van der Waals surface area contributed by atoms with Gasteiger partial charge in [0.25, 0.3) is 0 Å². The lowest BCUT2D eigenvalue weighted by atomic mass is 9.96. The second-order valence-corrected chi connectivity index (χ2v) is 14.8. The molecule has 0 bridgehead atoms. The number of aliphatic hydroxyl groups is 1. The minimum atomic E-state index is -4.71. The first kappa shape index (κ1) is 37.2. The molecule has 4 N–H and O–H groups in total. The largest absolute Gasteiger partial charge is 0.416 e. The zero-order chi connectivity index (χ0) is 35.4. The van der Waals surface area contributed by atoms with Crippen LogP contribution in [-0.4, -0.2) is 84.4 Å². The normalized spacial score (nSPS) is 19.1. The highest BCUT2D eigenvalue weighted by Gasteiger charge is 2.54. The summed E-state index contributed by atoms with van der Waals surface area (Å²) in [5.41, 5.74) is 4.05. The fourth-order valence-electron chi connectivity index (χ4n) is 5.74. The van der Waals surface area contributed by atoms with Crippen molar-refractivity contribution in [3.8, 4) is 0 Å². The Labute approximate surface area is 276 Å². The Bertz CT molecular complexity index is 1600. The van der Waals surface area contributed by atoms with Crippen LogP contribution in [0, 0.1) is 17.6 Å². The summed E-state index contributed by atoms with van der Waals surface area (Å²) in [6.45, 7) is 3.16. The maximum Gasteiger partial charge on any atom is 0.416 e. The fraction of sp³-hybridized carbons (Fsp3) is 0.531. The van der Waals surface area contributed by atoms with E-state index in [-0.39, 0.29) is 55.0 Å². The van der Waals surface area contributed by atoms with Crippen molar-refractivity contribution in [1.82, 2.24) is 15.2 Å². The highest BCUT2D eigenvalue weighted by molar-refractivity contribution is 7.91. The lowest BCUT2D eigenvalue weighted by Gasteiger charge is -2.38. The maximum atomic E-state index is 14.5. The van der Waals surface area contributed by atoms with E-state index in [1.165, 1.54) is 18.3 Å². The molecule has 1 unspecified atom stereocenters. The van der Waals surface area contributed by atoms with E-state index in [2.05, 4.69) is 10.4 Å². The van der Waals surface area contributed by atoms with Crippen molar-refractivity contribution in [3.05, 3.63) is 70.8 Å². The molecule has 264 valence electrons. The van der Waals surface area contributed by atoms with E-state index >= 15 is 0 Å². The van der Waals surface area contributed by atoms with Gasteiger partial charge in [0.1, 0.15) is 17.7 Å². The number of carbonyl (C=O) groups excluding carboxylic acids is 2. The second-order valence-electron chi connectivity index (χ2n) is 12.6. The van der Waals surface area contributed by atoms with Crippen LogP contribution in [0.1, 0.15) is 56.2 Å². The molecule has 0 spiro atoms. The summed E-state index contributed by atoms with van der Waals surface area (Å²) in [4.78, 5) is 28.7. The van der Waals surface area contributed by atoms with Gasteiger partial charge in [-0.3, -0.25) is 4.79 Å². The molecule has 4 rings (SSSR count). The number of nitrogens with zero attached hydrogens (tertiary/aromatic N) is 3. The summed E-state index contributed by atoms with van der Waals surface area (Å²) in [7, 11) is -3.94. The number of hydrogen-bond donors (Lipinski definition) is 3. The van der Waals surface area contributed by atoms with Crippen molar-refractivity contribution in [3.63, 3.8) is 0 Å². The van der Waals surface area contributed by atoms with Gasteiger partial charge in [0.15, 0.2) is 9.84 Å². The third-order valence-electron chi connectivity index (χ3n) is 8.47. The van der Waals surface area contributed by atoms with Crippen molar-refractivity contribution >= 4 is 28.0 Å². The number of alkyl halides is 3. The minimum absolute atomic E-state index is 0.0931. The predicted octanol–water partition coefficient (Wildman–Crippen LogP) is 3.96. The summed E-state index contributed by atoms with van der Waals surface area (Å²) in [6, 6.07) is 3.30. The van der Waals surface area contributed by atoms with Gasteiger partial charge in [0.05, 0.1) is 35.3 Å². The Kier molecular flexibility index (Phi) is 11.5. The molecule has 10 nitrogen and oxygen atoms in total. The Hall–Kier alpha value is -3.63. The molecule has 16 heteroatoms. The summed E-state index contributed by atoms with van der Waals surface area (Å²) < 4.78 is 95.1. The number of nitrogens with two attached hydrogens (primary N) is 1. The van der Waals surface area contributed by atoms with Gasteiger partial charge in [0.2, 0.25) is 5.91 Å². The van der Waals surface area contributed by atoms with Crippen LogP contribution in [-0.2, 0) is 32.8 Å². The predicted molar refractivity (Wildman–Crippen MR) is 168 cm³/mol. The third-order valence-corrected chi connectivity index (χ3v) is 10.2. The maximum absolute atomic E-state index is 14.5. The number of unbranched alkanes of at least 4 members (excludes halogenated alkanes) is 1. The Balaban J connectivity index is 1.72. The summed E-state index contributed by atoms with van der Waals surface area (Å²) >= 11 is 0. The first-order valence-electron chi connectivity index (χ1n) is 15.6. The second kappa shape index (κ2) is 14.9. The molecule has 1 aliphatic carbocycles. The van der Waals surface area contributed by atoms with Crippen molar-refractivity contribution in [2.45, 2.75) is 75.9 Å². The SMILES string of the molecule is CCCCS(=O)(=O)C[C@@H](NC(=O)N1CC(C)C=N1)C(=O)N(C[C@@H](O)[C@@H](N)Cc1cc(F)cc(F)c1)C1(c2cccc(C(F)(F)F)c2)CC1. The van der Waals surface area contributed by atoms with E-state index in [9.17, 15) is 45.1 Å². The average molecular weight is 702 g/mol. The highest BCUT2D eigenvalue weighted by Crippen LogP contribution is 2.52. The van der Waals surface area contributed by atoms with E-state index < -0.39 is 81.2 Å². The van der Waals surface area contributed by atoms with Crippen molar-refractivity contribution in [1.29, 1.82) is 0 Å². The molecule has 48 heavy (non-hydrogen) atoms.